The summed E-state index contributed by atoms with van der Waals surface area (Å²) < 4.78 is 0. The number of carbonyl (C=O) groups excluding carboxylic acids is 2. The summed E-state index contributed by atoms with van der Waals surface area (Å²) >= 11 is 1.05. The molecule has 2 amide bonds. The summed E-state index contributed by atoms with van der Waals surface area (Å²) in [6.07, 6.45) is 1.08. The van der Waals surface area contributed by atoms with Crippen LogP contribution in [0.5, 0.6) is 0 Å². The number of hydrogen-bond acceptors (Lipinski definition) is 5. The first kappa shape index (κ1) is 18.1. The fraction of sp³-hybridized carbons (Fsp3) is 0.571. The molecule has 0 aliphatic carbocycles. The fourth-order valence-corrected chi connectivity index (χ4v) is 2.66. The summed E-state index contributed by atoms with van der Waals surface area (Å²) in [7, 11) is 0. The molecule has 0 radical (unpaired) electrons. The SMILES string of the molecule is CCCNC(=O)CCC(=O)NC(C)c1nc(C)c(C(=O)O)s1. The Morgan fingerprint density at radius 2 is 1.91 bits per heavy atom. The highest BCUT2D eigenvalue weighted by molar-refractivity contribution is 7.13. The van der Waals surface area contributed by atoms with Gasteiger partial charge in [-0.1, -0.05) is 6.92 Å². The molecule has 122 valence electrons. The Labute approximate surface area is 133 Å². The number of amides is 2. The number of nitrogens with zero attached hydrogens (tertiary/aromatic N) is 1. The number of carboxylic acids is 1. The third-order valence-corrected chi connectivity index (χ3v) is 4.23. The molecule has 0 fully saturated rings. The van der Waals surface area contributed by atoms with Gasteiger partial charge in [-0.15, -0.1) is 11.3 Å². The van der Waals surface area contributed by atoms with E-state index in [-0.39, 0.29) is 35.6 Å². The molecule has 1 heterocycles. The zero-order chi connectivity index (χ0) is 16.7. The lowest BCUT2D eigenvalue weighted by atomic mass is 10.2. The fourth-order valence-electron chi connectivity index (χ4n) is 1.76. The molecule has 0 aliphatic heterocycles. The Hall–Kier alpha value is -1.96. The molecule has 7 nitrogen and oxygen atoms in total. The molecule has 1 rings (SSSR count). The Balaban J connectivity index is 2.49. The van der Waals surface area contributed by atoms with Gasteiger partial charge in [0, 0.05) is 19.4 Å². The zero-order valence-electron chi connectivity index (χ0n) is 12.9. The highest BCUT2D eigenvalue weighted by atomic mass is 32.1. The molecule has 22 heavy (non-hydrogen) atoms. The number of aromatic carboxylic acids is 1. The highest BCUT2D eigenvalue weighted by Crippen LogP contribution is 2.23. The van der Waals surface area contributed by atoms with Gasteiger partial charge in [0.1, 0.15) is 9.88 Å². The lowest BCUT2D eigenvalue weighted by Gasteiger charge is -2.11. The maximum absolute atomic E-state index is 11.8. The monoisotopic (exact) mass is 327 g/mol. The topological polar surface area (TPSA) is 108 Å². The first-order chi connectivity index (χ1) is 10.3. The second-order valence-corrected chi connectivity index (χ2v) is 5.94. The first-order valence-corrected chi connectivity index (χ1v) is 7.93. The minimum Gasteiger partial charge on any atom is -0.477 e. The van der Waals surface area contributed by atoms with Crippen LogP contribution in [0.3, 0.4) is 0 Å². The molecular weight excluding hydrogens is 306 g/mol. The van der Waals surface area contributed by atoms with Crippen molar-refractivity contribution in [3.63, 3.8) is 0 Å². The predicted molar refractivity (Wildman–Crippen MR) is 82.9 cm³/mol. The van der Waals surface area contributed by atoms with Gasteiger partial charge in [-0.2, -0.15) is 0 Å². The van der Waals surface area contributed by atoms with E-state index in [1.807, 2.05) is 6.92 Å². The van der Waals surface area contributed by atoms with E-state index < -0.39 is 5.97 Å². The van der Waals surface area contributed by atoms with Crippen molar-refractivity contribution in [2.24, 2.45) is 0 Å². The van der Waals surface area contributed by atoms with Gasteiger partial charge in [-0.3, -0.25) is 9.59 Å². The van der Waals surface area contributed by atoms with E-state index in [0.29, 0.717) is 17.2 Å². The first-order valence-electron chi connectivity index (χ1n) is 7.11. The van der Waals surface area contributed by atoms with Gasteiger partial charge in [0.05, 0.1) is 11.7 Å². The summed E-state index contributed by atoms with van der Waals surface area (Å²) in [6, 6.07) is -0.386. The number of nitrogens with one attached hydrogen (secondary N) is 2. The van der Waals surface area contributed by atoms with Crippen LogP contribution in [0.15, 0.2) is 0 Å². The van der Waals surface area contributed by atoms with Crippen molar-refractivity contribution >= 4 is 29.1 Å². The Kier molecular flexibility index (Phi) is 6.97. The molecule has 0 aliphatic rings. The Bertz CT molecular complexity index is 556. The zero-order valence-corrected chi connectivity index (χ0v) is 13.7. The van der Waals surface area contributed by atoms with Crippen molar-refractivity contribution < 1.29 is 19.5 Å². The second kappa shape index (κ2) is 8.47. The third-order valence-electron chi connectivity index (χ3n) is 2.91. The lowest BCUT2D eigenvalue weighted by molar-refractivity contribution is -0.126. The van der Waals surface area contributed by atoms with Crippen LogP contribution in [0.25, 0.3) is 0 Å². The number of hydrogen-bond donors (Lipinski definition) is 3. The lowest BCUT2D eigenvalue weighted by Crippen LogP contribution is -2.29. The average Bonchev–Trinajstić information content (AvgIpc) is 2.85. The molecule has 1 unspecified atom stereocenters. The predicted octanol–water partition coefficient (Wildman–Crippen LogP) is 1.63. The summed E-state index contributed by atoms with van der Waals surface area (Å²) in [4.78, 5) is 38.5. The average molecular weight is 327 g/mol. The van der Waals surface area contributed by atoms with E-state index in [1.54, 1.807) is 13.8 Å². The van der Waals surface area contributed by atoms with Gasteiger partial charge in [-0.25, -0.2) is 9.78 Å². The van der Waals surface area contributed by atoms with Crippen LogP contribution >= 0.6 is 11.3 Å². The Morgan fingerprint density at radius 3 is 2.45 bits per heavy atom. The summed E-state index contributed by atoms with van der Waals surface area (Å²) in [6.45, 7) is 5.91. The van der Waals surface area contributed by atoms with E-state index in [0.717, 1.165) is 17.8 Å². The maximum atomic E-state index is 11.8. The minimum atomic E-state index is -1.02. The van der Waals surface area contributed by atoms with Crippen LogP contribution in [-0.2, 0) is 9.59 Å². The van der Waals surface area contributed by atoms with Gasteiger partial charge in [0.15, 0.2) is 0 Å². The van der Waals surface area contributed by atoms with Gasteiger partial charge in [-0.05, 0) is 20.3 Å². The standard InChI is InChI=1S/C14H21N3O4S/c1-4-7-15-10(18)5-6-11(19)16-9(3)13-17-8(2)12(22-13)14(20)21/h9H,4-7H2,1-3H3,(H,15,18)(H,16,19)(H,20,21). The van der Waals surface area contributed by atoms with Gasteiger partial charge in [0.2, 0.25) is 11.8 Å². The van der Waals surface area contributed by atoms with Crippen molar-refractivity contribution in [2.75, 3.05) is 6.54 Å². The number of carbonyl (C=O) groups is 3. The normalized spacial score (nSPS) is 11.8. The maximum Gasteiger partial charge on any atom is 0.347 e. The largest absolute Gasteiger partial charge is 0.477 e. The second-order valence-electron chi connectivity index (χ2n) is 4.91. The molecule has 1 aromatic heterocycles. The summed E-state index contributed by atoms with van der Waals surface area (Å²) in [5.41, 5.74) is 0.438. The molecule has 0 bridgehead atoms. The Morgan fingerprint density at radius 1 is 1.27 bits per heavy atom. The van der Waals surface area contributed by atoms with Crippen LogP contribution < -0.4 is 10.6 Å². The van der Waals surface area contributed by atoms with Crippen molar-refractivity contribution in [1.82, 2.24) is 15.6 Å². The van der Waals surface area contributed by atoms with Crippen molar-refractivity contribution in [1.29, 1.82) is 0 Å². The van der Waals surface area contributed by atoms with E-state index in [4.69, 9.17) is 5.11 Å². The van der Waals surface area contributed by atoms with Crippen LogP contribution in [0.1, 0.15) is 59.5 Å². The molecule has 0 saturated heterocycles. The molecule has 0 saturated carbocycles. The highest BCUT2D eigenvalue weighted by Gasteiger charge is 2.19. The minimum absolute atomic E-state index is 0.0933. The van der Waals surface area contributed by atoms with E-state index >= 15 is 0 Å². The quantitative estimate of drug-likeness (QED) is 0.672. The molecule has 0 aromatic carbocycles. The van der Waals surface area contributed by atoms with Gasteiger partial charge < -0.3 is 15.7 Å². The van der Waals surface area contributed by atoms with E-state index in [2.05, 4.69) is 15.6 Å². The van der Waals surface area contributed by atoms with E-state index in [9.17, 15) is 14.4 Å². The molecule has 3 N–H and O–H groups in total. The van der Waals surface area contributed by atoms with E-state index in [1.165, 1.54) is 0 Å². The van der Waals surface area contributed by atoms with Gasteiger partial charge >= 0.3 is 5.97 Å². The number of thiazole rings is 1. The number of aryl methyl sites for hydroxylation is 1. The molecule has 8 heteroatoms. The molecule has 0 spiro atoms. The molecule has 1 aromatic rings. The number of carboxylic acid groups (broad SMARTS) is 1. The van der Waals surface area contributed by atoms with Crippen molar-refractivity contribution in [3.8, 4) is 0 Å². The third kappa shape index (κ3) is 5.44. The van der Waals surface area contributed by atoms with Gasteiger partial charge in [0.25, 0.3) is 0 Å². The van der Waals surface area contributed by atoms with Crippen molar-refractivity contribution in [2.45, 2.75) is 46.1 Å². The molecular formula is C14H21N3O4S. The van der Waals surface area contributed by atoms with Crippen LogP contribution in [0, 0.1) is 6.92 Å². The summed E-state index contributed by atoms with van der Waals surface area (Å²) in [5, 5.41) is 15.0. The molecule has 1 atom stereocenters. The van der Waals surface area contributed by atoms with Crippen LogP contribution in [0.2, 0.25) is 0 Å². The summed E-state index contributed by atoms with van der Waals surface area (Å²) in [5.74, 6) is -1.43. The van der Waals surface area contributed by atoms with Crippen molar-refractivity contribution in [3.05, 3.63) is 15.6 Å². The number of rotatable bonds is 8. The smallest absolute Gasteiger partial charge is 0.347 e. The van der Waals surface area contributed by atoms with Crippen LogP contribution in [-0.4, -0.2) is 34.4 Å². The number of aromatic nitrogens is 1. The van der Waals surface area contributed by atoms with Crippen LogP contribution in [0.4, 0.5) is 0 Å².